The van der Waals surface area contributed by atoms with Gasteiger partial charge in [-0.25, -0.2) is 0 Å². The van der Waals surface area contributed by atoms with Crippen molar-refractivity contribution in [2.75, 3.05) is 0 Å². The Morgan fingerprint density at radius 2 is 1.42 bits per heavy atom. The maximum Gasteiger partial charge on any atom is 0.111 e. The lowest BCUT2D eigenvalue weighted by atomic mass is 10.0. The van der Waals surface area contributed by atoms with E-state index in [2.05, 4.69) is 54.9 Å². The van der Waals surface area contributed by atoms with Crippen LogP contribution >= 0.6 is 0 Å². The van der Waals surface area contributed by atoms with Gasteiger partial charge in [-0.2, -0.15) is 5.10 Å². The van der Waals surface area contributed by atoms with Gasteiger partial charge in [-0.05, 0) is 53.3 Å². The first-order valence-corrected chi connectivity index (χ1v) is 8.33. The third-order valence-corrected chi connectivity index (χ3v) is 3.80. The van der Waals surface area contributed by atoms with Crippen molar-refractivity contribution in [3.05, 3.63) is 66.2 Å². The molecular formula is C20H26N4. The van der Waals surface area contributed by atoms with Crippen molar-refractivity contribution in [2.45, 2.75) is 39.5 Å². The summed E-state index contributed by atoms with van der Waals surface area (Å²) in [5.74, 6) is 1.14. The molecule has 0 spiro atoms. The molecule has 3 rings (SSSR count). The number of aromatic nitrogens is 4. The monoisotopic (exact) mass is 322 g/mol. The fourth-order valence-electron chi connectivity index (χ4n) is 2.25. The van der Waals surface area contributed by atoms with Crippen LogP contribution in [-0.2, 0) is 7.05 Å². The van der Waals surface area contributed by atoms with Crippen LogP contribution in [0.1, 0.15) is 50.7 Å². The van der Waals surface area contributed by atoms with Gasteiger partial charge in [-0.3, -0.25) is 14.6 Å². The second-order valence-electron chi connectivity index (χ2n) is 6.44. The van der Waals surface area contributed by atoms with E-state index in [-0.39, 0.29) is 0 Å². The van der Waals surface area contributed by atoms with Gasteiger partial charge < -0.3 is 0 Å². The average molecular weight is 322 g/mol. The SMILES string of the molecule is CC(C)c1ccnc(-c2ccn(C)n2)c1.CC(C)c1ccncc1. The molecule has 4 nitrogen and oxygen atoms in total. The molecule has 3 heterocycles. The van der Waals surface area contributed by atoms with E-state index in [1.54, 1.807) is 4.68 Å². The highest BCUT2D eigenvalue weighted by molar-refractivity contribution is 5.54. The van der Waals surface area contributed by atoms with Crippen molar-refractivity contribution >= 4 is 0 Å². The summed E-state index contributed by atoms with van der Waals surface area (Å²) in [5, 5.41) is 4.34. The Hall–Kier alpha value is -2.49. The molecule has 0 aliphatic carbocycles. The number of aryl methyl sites for hydroxylation is 1. The fourth-order valence-corrected chi connectivity index (χ4v) is 2.25. The van der Waals surface area contributed by atoms with E-state index in [9.17, 15) is 0 Å². The zero-order chi connectivity index (χ0) is 17.5. The van der Waals surface area contributed by atoms with Crippen molar-refractivity contribution in [2.24, 2.45) is 7.05 Å². The quantitative estimate of drug-likeness (QED) is 0.695. The molecule has 24 heavy (non-hydrogen) atoms. The molecule has 0 saturated carbocycles. The number of hydrogen-bond donors (Lipinski definition) is 0. The van der Waals surface area contributed by atoms with Crippen LogP contribution in [0.25, 0.3) is 11.4 Å². The van der Waals surface area contributed by atoms with Crippen LogP contribution in [0.4, 0.5) is 0 Å². The van der Waals surface area contributed by atoms with Crippen LogP contribution < -0.4 is 0 Å². The van der Waals surface area contributed by atoms with Crippen molar-refractivity contribution in [1.29, 1.82) is 0 Å². The highest BCUT2D eigenvalue weighted by Gasteiger charge is 2.05. The van der Waals surface area contributed by atoms with Crippen molar-refractivity contribution < 1.29 is 0 Å². The Bertz CT molecular complexity index is 745. The van der Waals surface area contributed by atoms with Gasteiger partial charge in [0.15, 0.2) is 0 Å². The van der Waals surface area contributed by atoms with Crippen LogP contribution in [0.5, 0.6) is 0 Å². The van der Waals surface area contributed by atoms with E-state index in [1.165, 1.54) is 11.1 Å². The maximum absolute atomic E-state index is 4.34. The molecule has 0 aliphatic rings. The molecule has 0 fully saturated rings. The molecule has 0 saturated heterocycles. The first-order valence-electron chi connectivity index (χ1n) is 8.33. The van der Waals surface area contributed by atoms with Gasteiger partial charge >= 0.3 is 0 Å². The summed E-state index contributed by atoms with van der Waals surface area (Å²) in [5.41, 5.74) is 4.53. The van der Waals surface area contributed by atoms with E-state index >= 15 is 0 Å². The number of pyridine rings is 2. The summed E-state index contributed by atoms with van der Waals surface area (Å²) in [6, 6.07) is 10.2. The number of rotatable bonds is 3. The predicted octanol–water partition coefficient (Wildman–Crippen LogP) is 4.81. The molecule has 4 heteroatoms. The summed E-state index contributed by atoms with van der Waals surface area (Å²) in [6.07, 6.45) is 7.43. The van der Waals surface area contributed by atoms with Crippen molar-refractivity contribution in [1.82, 2.24) is 19.7 Å². The number of nitrogens with zero attached hydrogens (tertiary/aromatic N) is 4. The van der Waals surface area contributed by atoms with E-state index in [0.29, 0.717) is 11.8 Å². The standard InChI is InChI=1S/C12H15N3.C8H11N/c1-9(2)10-4-6-13-12(8-10)11-5-7-15(3)14-11;1-7(2)8-3-5-9-6-4-8/h4-9H,1-3H3;3-7H,1-2H3. The maximum atomic E-state index is 4.34. The van der Waals surface area contributed by atoms with Crippen LogP contribution in [0.2, 0.25) is 0 Å². The van der Waals surface area contributed by atoms with Gasteiger partial charge in [0.05, 0.1) is 5.69 Å². The molecule has 3 aromatic heterocycles. The van der Waals surface area contributed by atoms with Gasteiger partial charge in [0.25, 0.3) is 0 Å². The minimum Gasteiger partial charge on any atom is -0.275 e. The van der Waals surface area contributed by atoms with E-state index in [4.69, 9.17) is 0 Å². The molecule has 0 unspecified atom stereocenters. The Morgan fingerprint density at radius 1 is 0.792 bits per heavy atom. The van der Waals surface area contributed by atoms with E-state index in [1.807, 2.05) is 50.0 Å². The minimum atomic E-state index is 0.524. The summed E-state index contributed by atoms with van der Waals surface area (Å²) < 4.78 is 1.79. The van der Waals surface area contributed by atoms with Crippen molar-refractivity contribution in [3.63, 3.8) is 0 Å². The van der Waals surface area contributed by atoms with E-state index < -0.39 is 0 Å². The minimum absolute atomic E-state index is 0.524. The molecule has 0 amide bonds. The Morgan fingerprint density at radius 3 is 1.92 bits per heavy atom. The smallest absolute Gasteiger partial charge is 0.111 e. The lowest BCUT2D eigenvalue weighted by Crippen LogP contribution is -1.92. The highest BCUT2D eigenvalue weighted by atomic mass is 15.2. The molecule has 0 aliphatic heterocycles. The molecule has 126 valence electrons. The topological polar surface area (TPSA) is 43.6 Å². The molecule has 0 N–H and O–H groups in total. The summed E-state index contributed by atoms with van der Waals surface area (Å²) in [7, 11) is 1.91. The van der Waals surface area contributed by atoms with Crippen LogP contribution in [0.15, 0.2) is 55.1 Å². The number of hydrogen-bond acceptors (Lipinski definition) is 3. The Labute approximate surface area is 144 Å². The summed E-state index contributed by atoms with van der Waals surface area (Å²) in [6.45, 7) is 8.71. The Kier molecular flexibility index (Phi) is 6.24. The zero-order valence-corrected chi connectivity index (χ0v) is 15.1. The molecule has 0 atom stereocenters. The third-order valence-electron chi connectivity index (χ3n) is 3.80. The van der Waals surface area contributed by atoms with Crippen LogP contribution in [0, 0.1) is 0 Å². The van der Waals surface area contributed by atoms with E-state index in [0.717, 1.165) is 11.4 Å². The predicted molar refractivity (Wildman–Crippen MR) is 98.9 cm³/mol. The van der Waals surface area contributed by atoms with Gasteiger partial charge in [0.1, 0.15) is 5.69 Å². The van der Waals surface area contributed by atoms with Crippen LogP contribution in [-0.4, -0.2) is 19.7 Å². The zero-order valence-electron chi connectivity index (χ0n) is 15.1. The Balaban J connectivity index is 0.000000198. The van der Waals surface area contributed by atoms with Crippen LogP contribution in [0.3, 0.4) is 0 Å². The summed E-state index contributed by atoms with van der Waals surface area (Å²) in [4.78, 5) is 8.26. The molecular weight excluding hydrogens is 296 g/mol. The van der Waals surface area contributed by atoms with Gasteiger partial charge in [0, 0.05) is 31.8 Å². The lowest BCUT2D eigenvalue weighted by Gasteiger charge is -2.05. The highest BCUT2D eigenvalue weighted by Crippen LogP contribution is 2.20. The first-order chi connectivity index (χ1) is 11.5. The normalized spacial score (nSPS) is 10.6. The third kappa shape index (κ3) is 5.01. The molecule has 0 radical (unpaired) electrons. The lowest BCUT2D eigenvalue weighted by molar-refractivity contribution is 0.769. The van der Waals surface area contributed by atoms with Gasteiger partial charge in [0.2, 0.25) is 0 Å². The fraction of sp³-hybridized carbons (Fsp3) is 0.350. The largest absolute Gasteiger partial charge is 0.275 e. The average Bonchev–Trinajstić information content (AvgIpc) is 3.03. The second-order valence-corrected chi connectivity index (χ2v) is 6.44. The molecule has 3 aromatic rings. The molecule has 0 aromatic carbocycles. The molecule has 0 bridgehead atoms. The first kappa shape index (κ1) is 17.9. The van der Waals surface area contributed by atoms with Crippen molar-refractivity contribution in [3.8, 4) is 11.4 Å². The second kappa shape index (κ2) is 8.39. The summed E-state index contributed by atoms with van der Waals surface area (Å²) >= 11 is 0. The van der Waals surface area contributed by atoms with Gasteiger partial charge in [-0.15, -0.1) is 0 Å². The van der Waals surface area contributed by atoms with Gasteiger partial charge in [-0.1, -0.05) is 27.7 Å².